The summed E-state index contributed by atoms with van der Waals surface area (Å²) in [6.07, 6.45) is 5.06. The Kier molecular flexibility index (Phi) is 4.22. The highest BCUT2D eigenvalue weighted by atomic mass is 16.2. The van der Waals surface area contributed by atoms with Crippen molar-refractivity contribution < 1.29 is 4.79 Å². The summed E-state index contributed by atoms with van der Waals surface area (Å²) in [5.41, 5.74) is 5.48. The first-order valence-corrected chi connectivity index (χ1v) is 5.25. The predicted molar refractivity (Wildman–Crippen MR) is 53.3 cm³/mol. The van der Waals surface area contributed by atoms with Gasteiger partial charge < -0.3 is 10.6 Å². The second-order valence-electron chi connectivity index (χ2n) is 3.82. The first kappa shape index (κ1) is 10.5. The molecule has 0 aromatic heterocycles. The molecule has 76 valence electrons. The molecule has 1 heterocycles. The van der Waals surface area contributed by atoms with Gasteiger partial charge in [-0.1, -0.05) is 6.42 Å². The molecule has 0 aromatic carbocycles. The fourth-order valence-electron chi connectivity index (χ4n) is 1.87. The maximum atomic E-state index is 11.6. The highest BCUT2D eigenvalue weighted by Crippen LogP contribution is 2.14. The lowest BCUT2D eigenvalue weighted by Gasteiger charge is -2.27. The highest BCUT2D eigenvalue weighted by molar-refractivity contribution is 5.76. The van der Waals surface area contributed by atoms with Crippen LogP contribution in [0.15, 0.2) is 0 Å². The molecule has 1 fully saturated rings. The number of hydrogen-bond acceptors (Lipinski definition) is 2. The van der Waals surface area contributed by atoms with Gasteiger partial charge in [-0.25, -0.2) is 0 Å². The average Bonchev–Trinajstić information content (AvgIpc) is 2.30. The third-order valence-electron chi connectivity index (χ3n) is 2.73. The van der Waals surface area contributed by atoms with Crippen molar-refractivity contribution >= 4 is 5.91 Å². The number of rotatable bonds is 3. The SMILES string of the molecule is CC(CCN)N1CCCCCC1=O. The Morgan fingerprint density at radius 2 is 2.23 bits per heavy atom. The number of nitrogens with two attached hydrogens (primary N) is 1. The topological polar surface area (TPSA) is 46.3 Å². The van der Waals surface area contributed by atoms with Crippen molar-refractivity contribution in [2.45, 2.75) is 45.1 Å². The van der Waals surface area contributed by atoms with E-state index < -0.39 is 0 Å². The summed E-state index contributed by atoms with van der Waals surface area (Å²) >= 11 is 0. The van der Waals surface area contributed by atoms with Crippen LogP contribution in [0.5, 0.6) is 0 Å². The van der Waals surface area contributed by atoms with Crippen LogP contribution in [-0.4, -0.2) is 29.9 Å². The number of nitrogens with zero attached hydrogens (tertiary/aromatic N) is 1. The predicted octanol–water partition coefficient (Wildman–Crippen LogP) is 1.13. The summed E-state index contributed by atoms with van der Waals surface area (Å²) in [6, 6.07) is 0.329. The van der Waals surface area contributed by atoms with Crippen molar-refractivity contribution in [1.82, 2.24) is 4.90 Å². The quantitative estimate of drug-likeness (QED) is 0.714. The third-order valence-corrected chi connectivity index (χ3v) is 2.73. The molecule has 1 rings (SSSR count). The first-order chi connectivity index (χ1) is 6.25. The van der Waals surface area contributed by atoms with Crippen LogP contribution in [0.25, 0.3) is 0 Å². The van der Waals surface area contributed by atoms with Crippen LogP contribution < -0.4 is 5.73 Å². The van der Waals surface area contributed by atoms with Crippen LogP contribution >= 0.6 is 0 Å². The van der Waals surface area contributed by atoms with Gasteiger partial charge in [-0.05, 0) is 32.7 Å². The molecular formula is C10H20N2O. The standard InChI is InChI=1S/C10H20N2O/c1-9(6-7-11)12-8-4-2-3-5-10(12)13/h9H,2-8,11H2,1H3. The molecule has 0 aromatic rings. The molecule has 13 heavy (non-hydrogen) atoms. The van der Waals surface area contributed by atoms with Gasteiger partial charge in [0.1, 0.15) is 0 Å². The minimum Gasteiger partial charge on any atom is -0.340 e. The molecule has 1 atom stereocenters. The number of carbonyl (C=O) groups excluding carboxylic acids is 1. The van der Waals surface area contributed by atoms with Crippen molar-refractivity contribution in [3.05, 3.63) is 0 Å². The molecule has 1 amide bonds. The monoisotopic (exact) mass is 184 g/mol. The zero-order valence-electron chi connectivity index (χ0n) is 8.46. The summed E-state index contributed by atoms with van der Waals surface area (Å²) in [6.45, 7) is 3.70. The smallest absolute Gasteiger partial charge is 0.222 e. The highest BCUT2D eigenvalue weighted by Gasteiger charge is 2.20. The van der Waals surface area contributed by atoms with Gasteiger partial charge in [0.05, 0.1) is 0 Å². The van der Waals surface area contributed by atoms with Crippen LogP contribution in [0, 0.1) is 0 Å². The molecule has 3 nitrogen and oxygen atoms in total. The Morgan fingerprint density at radius 1 is 1.46 bits per heavy atom. The van der Waals surface area contributed by atoms with E-state index in [0.29, 0.717) is 18.5 Å². The van der Waals surface area contributed by atoms with Crippen molar-refractivity contribution in [3.8, 4) is 0 Å². The van der Waals surface area contributed by atoms with E-state index >= 15 is 0 Å². The molecule has 2 N–H and O–H groups in total. The summed E-state index contributed by atoms with van der Waals surface area (Å²) in [7, 11) is 0. The minimum atomic E-state index is 0.318. The van der Waals surface area contributed by atoms with Gasteiger partial charge in [0.25, 0.3) is 0 Å². The molecule has 1 aliphatic heterocycles. The lowest BCUT2D eigenvalue weighted by atomic mass is 10.2. The van der Waals surface area contributed by atoms with Gasteiger partial charge in [-0.3, -0.25) is 4.79 Å². The summed E-state index contributed by atoms with van der Waals surface area (Å²) < 4.78 is 0. The van der Waals surface area contributed by atoms with Crippen molar-refractivity contribution in [2.24, 2.45) is 5.73 Å². The Hall–Kier alpha value is -0.570. The maximum Gasteiger partial charge on any atom is 0.222 e. The summed E-state index contributed by atoms with van der Waals surface area (Å²) in [4.78, 5) is 13.6. The Morgan fingerprint density at radius 3 is 2.92 bits per heavy atom. The van der Waals surface area contributed by atoms with Gasteiger partial charge >= 0.3 is 0 Å². The molecule has 1 unspecified atom stereocenters. The Labute approximate surface area is 80.3 Å². The molecule has 1 saturated heterocycles. The minimum absolute atomic E-state index is 0.318. The lowest BCUT2D eigenvalue weighted by molar-refractivity contribution is -0.132. The zero-order chi connectivity index (χ0) is 9.68. The van der Waals surface area contributed by atoms with Crippen LogP contribution in [0.1, 0.15) is 39.0 Å². The number of carbonyl (C=O) groups is 1. The van der Waals surface area contributed by atoms with E-state index in [1.807, 2.05) is 4.90 Å². The van der Waals surface area contributed by atoms with E-state index in [0.717, 1.165) is 32.2 Å². The van der Waals surface area contributed by atoms with Crippen molar-refractivity contribution in [1.29, 1.82) is 0 Å². The number of amides is 1. The molecule has 0 bridgehead atoms. The number of likely N-dealkylation sites (tertiary alicyclic amines) is 1. The molecular weight excluding hydrogens is 164 g/mol. The average molecular weight is 184 g/mol. The summed E-state index contributed by atoms with van der Waals surface area (Å²) in [5.74, 6) is 0.318. The Bertz CT molecular complexity index is 170. The van der Waals surface area contributed by atoms with E-state index in [4.69, 9.17) is 5.73 Å². The van der Waals surface area contributed by atoms with Crippen molar-refractivity contribution in [3.63, 3.8) is 0 Å². The Balaban J connectivity index is 2.48. The van der Waals surface area contributed by atoms with Gasteiger partial charge in [-0.2, -0.15) is 0 Å². The lowest BCUT2D eigenvalue weighted by Crippen LogP contribution is -2.39. The van der Waals surface area contributed by atoms with Gasteiger partial charge in [0.2, 0.25) is 5.91 Å². The van der Waals surface area contributed by atoms with E-state index in [-0.39, 0.29) is 0 Å². The van der Waals surface area contributed by atoms with Crippen LogP contribution in [0.2, 0.25) is 0 Å². The van der Waals surface area contributed by atoms with Crippen molar-refractivity contribution in [2.75, 3.05) is 13.1 Å². The first-order valence-electron chi connectivity index (χ1n) is 5.25. The maximum absolute atomic E-state index is 11.6. The molecule has 3 heteroatoms. The molecule has 0 spiro atoms. The van der Waals surface area contributed by atoms with Crippen LogP contribution in [0.4, 0.5) is 0 Å². The van der Waals surface area contributed by atoms with Gasteiger partial charge in [0.15, 0.2) is 0 Å². The number of hydrogen-bond donors (Lipinski definition) is 1. The fourth-order valence-corrected chi connectivity index (χ4v) is 1.87. The van der Waals surface area contributed by atoms with Gasteiger partial charge in [-0.15, -0.1) is 0 Å². The van der Waals surface area contributed by atoms with E-state index in [1.165, 1.54) is 6.42 Å². The largest absolute Gasteiger partial charge is 0.340 e. The molecule has 0 saturated carbocycles. The van der Waals surface area contributed by atoms with E-state index in [1.54, 1.807) is 0 Å². The second kappa shape index (κ2) is 5.22. The summed E-state index contributed by atoms with van der Waals surface area (Å²) in [5, 5.41) is 0. The zero-order valence-corrected chi connectivity index (χ0v) is 8.46. The normalized spacial score (nSPS) is 21.4. The molecule has 0 radical (unpaired) electrons. The molecule has 1 aliphatic rings. The third kappa shape index (κ3) is 2.99. The van der Waals surface area contributed by atoms with Crippen LogP contribution in [0.3, 0.4) is 0 Å². The van der Waals surface area contributed by atoms with Crippen LogP contribution in [-0.2, 0) is 4.79 Å². The van der Waals surface area contributed by atoms with E-state index in [9.17, 15) is 4.79 Å². The van der Waals surface area contributed by atoms with Gasteiger partial charge in [0, 0.05) is 19.0 Å². The fraction of sp³-hybridized carbons (Fsp3) is 0.900. The second-order valence-corrected chi connectivity index (χ2v) is 3.82. The van der Waals surface area contributed by atoms with E-state index in [2.05, 4.69) is 6.92 Å². The molecule has 0 aliphatic carbocycles.